The van der Waals surface area contributed by atoms with Crippen molar-refractivity contribution in [2.45, 2.75) is 19.9 Å². The molecule has 0 spiro atoms. The van der Waals surface area contributed by atoms with Gasteiger partial charge in [-0.3, -0.25) is 0 Å². The van der Waals surface area contributed by atoms with E-state index >= 15 is 0 Å². The van der Waals surface area contributed by atoms with Crippen LogP contribution in [0.3, 0.4) is 0 Å². The van der Waals surface area contributed by atoms with Gasteiger partial charge in [-0.1, -0.05) is 29.3 Å². The van der Waals surface area contributed by atoms with E-state index in [1.807, 2.05) is 26.0 Å². The molecule has 0 amide bonds. The van der Waals surface area contributed by atoms with Gasteiger partial charge in [-0.05, 0) is 47.5 Å². The first-order chi connectivity index (χ1) is 8.99. The maximum Gasteiger partial charge on any atom is 0.133 e. The monoisotopic (exact) mass is 359 g/mol. The van der Waals surface area contributed by atoms with E-state index in [1.165, 1.54) is 6.33 Å². The zero-order chi connectivity index (χ0) is 14.0. The van der Waals surface area contributed by atoms with Crippen LogP contribution in [-0.4, -0.2) is 9.97 Å². The average molecular weight is 361 g/mol. The van der Waals surface area contributed by atoms with Crippen molar-refractivity contribution in [2.75, 3.05) is 5.32 Å². The van der Waals surface area contributed by atoms with Crippen molar-refractivity contribution in [3.8, 4) is 0 Å². The lowest BCUT2D eigenvalue weighted by atomic mass is 10.1. The Bertz CT molecular complexity index is 604. The largest absolute Gasteiger partial charge is 0.363 e. The van der Waals surface area contributed by atoms with E-state index in [0.717, 1.165) is 21.5 Å². The Morgan fingerprint density at radius 1 is 1.26 bits per heavy atom. The molecule has 0 bridgehead atoms. The van der Waals surface area contributed by atoms with Crippen LogP contribution in [0.5, 0.6) is 0 Å². The highest BCUT2D eigenvalue weighted by Crippen LogP contribution is 2.29. The van der Waals surface area contributed by atoms with Gasteiger partial charge in [-0.2, -0.15) is 0 Å². The van der Waals surface area contributed by atoms with Crippen LogP contribution in [0, 0.1) is 6.92 Å². The number of anilines is 1. The highest BCUT2D eigenvalue weighted by atomic mass is 79.9. The Hall–Kier alpha value is -0.840. The summed E-state index contributed by atoms with van der Waals surface area (Å²) in [4.78, 5) is 8.30. The second kappa shape index (κ2) is 6.07. The summed E-state index contributed by atoms with van der Waals surface area (Å²) in [6, 6.07) is 5.49. The summed E-state index contributed by atoms with van der Waals surface area (Å²) in [6.45, 7) is 3.97. The minimum atomic E-state index is 0.0188. The summed E-state index contributed by atoms with van der Waals surface area (Å²) in [5.74, 6) is 0.778. The molecule has 2 rings (SSSR count). The van der Waals surface area contributed by atoms with Gasteiger partial charge in [0.15, 0.2) is 0 Å². The predicted octanol–water partition coefficient (Wildman–Crippen LogP) is 5.03. The molecule has 1 unspecified atom stereocenters. The number of hydrogen-bond donors (Lipinski definition) is 1. The van der Waals surface area contributed by atoms with Crippen molar-refractivity contribution in [1.82, 2.24) is 9.97 Å². The third kappa shape index (κ3) is 3.38. The lowest BCUT2D eigenvalue weighted by molar-refractivity contribution is 0.866. The topological polar surface area (TPSA) is 37.8 Å². The summed E-state index contributed by atoms with van der Waals surface area (Å²) < 4.78 is 0.777. The highest BCUT2D eigenvalue weighted by molar-refractivity contribution is 9.10. The third-order valence-electron chi connectivity index (χ3n) is 2.80. The molecule has 0 saturated heterocycles. The maximum atomic E-state index is 6.20. The number of halogens is 3. The van der Waals surface area contributed by atoms with Gasteiger partial charge in [0.2, 0.25) is 0 Å². The van der Waals surface area contributed by atoms with Crippen LogP contribution < -0.4 is 5.32 Å². The van der Waals surface area contributed by atoms with E-state index in [2.05, 4.69) is 31.2 Å². The molecule has 0 fully saturated rings. The molecule has 0 saturated carbocycles. The molecule has 1 N–H and O–H groups in total. The lowest BCUT2D eigenvalue weighted by Crippen LogP contribution is -2.10. The van der Waals surface area contributed by atoms with Gasteiger partial charge in [-0.25, -0.2) is 9.97 Å². The van der Waals surface area contributed by atoms with Crippen LogP contribution in [0.25, 0.3) is 0 Å². The van der Waals surface area contributed by atoms with Gasteiger partial charge in [0.1, 0.15) is 16.7 Å². The molecule has 2 aromatic rings. The Labute approximate surface area is 130 Å². The van der Waals surface area contributed by atoms with Crippen LogP contribution in [0.1, 0.15) is 24.1 Å². The van der Waals surface area contributed by atoms with Gasteiger partial charge in [0.05, 0.1) is 6.04 Å². The van der Waals surface area contributed by atoms with Crippen molar-refractivity contribution in [1.29, 1.82) is 0 Å². The Morgan fingerprint density at radius 2 is 2.00 bits per heavy atom. The molecular formula is C13H12BrCl2N3. The van der Waals surface area contributed by atoms with Crippen molar-refractivity contribution in [3.05, 3.63) is 50.3 Å². The quantitative estimate of drug-likeness (QED) is 0.780. The predicted molar refractivity (Wildman–Crippen MR) is 83.0 cm³/mol. The first-order valence-electron chi connectivity index (χ1n) is 5.67. The number of nitrogens with zero attached hydrogens (tertiary/aromatic N) is 2. The van der Waals surface area contributed by atoms with Gasteiger partial charge in [-0.15, -0.1) is 0 Å². The van der Waals surface area contributed by atoms with Crippen LogP contribution >= 0.6 is 39.1 Å². The molecule has 0 aliphatic carbocycles. The van der Waals surface area contributed by atoms with E-state index < -0.39 is 0 Å². The normalized spacial score (nSPS) is 12.3. The lowest BCUT2D eigenvalue weighted by Gasteiger charge is -2.18. The zero-order valence-electron chi connectivity index (χ0n) is 10.4. The molecular weight excluding hydrogens is 349 g/mol. The molecule has 0 aliphatic rings. The SMILES string of the molecule is Cc1c(Br)ncnc1NC(C)c1ccc(Cl)cc1Cl. The van der Waals surface area contributed by atoms with Gasteiger partial charge < -0.3 is 5.32 Å². The van der Waals surface area contributed by atoms with Crippen molar-refractivity contribution < 1.29 is 0 Å². The fourth-order valence-corrected chi connectivity index (χ4v) is 2.56. The fourth-order valence-electron chi connectivity index (χ4n) is 1.71. The zero-order valence-corrected chi connectivity index (χ0v) is 13.5. The standard InChI is InChI=1S/C13H12BrCl2N3/c1-7-12(14)17-6-18-13(7)19-8(2)10-4-3-9(15)5-11(10)16/h3-6,8H,1-2H3,(H,17,18,19). The first-order valence-corrected chi connectivity index (χ1v) is 7.22. The molecule has 1 heterocycles. The molecule has 3 nitrogen and oxygen atoms in total. The summed E-state index contributed by atoms with van der Waals surface area (Å²) in [7, 11) is 0. The van der Waals surface area contributed by atoms with E-state index in [9.17, 15) is 0 Å². The molecule has 1 atom stereocenters. The summed E-state index contributed by atoms with van der Waals surface area (Å²) in [5, 5.41) is 4.58. The minimum absolute atomic E-state index is 0.0188. The van der Waals surface area contributed by atoms with Gasteiger partial charge in [0.25, 0.3) is 0 Å². The minimum Gasteiger partial charge on any atom is -0.363 e. The van der Waals surface area contributed by atoms with E-state index in [-0.39, 0.29) is 6.04 Å². The molecule has 6 heteroatoms. The van der Waals surface area contributed by atoms with Crippen LogP contribution in [-0.2, 0) is 0 Å². The number of nitrogens with one attached hydrogen (secondary N) is 1. The fraction of sp³-hybridized carbons (Fsp3) is 0.231. The maximum absolute atomic E-state index is 6.20. The van der Waals surface area contributed by atoms with Crippen molar-refractivity contribution >= 4 is 44.9 Å². The second-order valence-corrected chi connectivity index (χ2v) is 5.76. The van der Waals surface area contributed by atoms with Crippen molar-refractivity contribution in [3.63, 3.8) is 0 Å². The Kier molecular flexibility index (Phi) is 4.66. The molecule has 19 heavy (non-hydrogen) atoms. The van der Waals surface area contributed by atoms with Crippen LogP contribution in [0.4, 0.5) is 5.82 Å². The summed E-state index contributed by atoms with van der Waals surface area (Å²) >= 11 is 15.5. The van der Waals surface area contributed by atoms with Gasteiger partial charge >= 0.3 is 0 Å². The van der Waals surface area contributed by atoms with Crippen molar-refractivity contribution in [2.24, 2.45) is 0 Å². The summed E-state index contributed by atoms with van der Waals surface area (Å²) in [5.41, 5.74) is 1.93. The number of aromatic nitrogens is 2. The summed E-state index contributed by atoms with van der Waals surface area (Å²) in [6.07, 6.45) is 1.51. The molecule has 0 radical (unpaired) electrons. The van der Waals surface area contributed by atoms with Gasteiger partial charge in [0, 0.05) is 15.6 Å². The Balaban J connectivity index is 2.25. The smallest absolute Gasteiger partial charge is 0.133 e. The average Bonchev–Trinajstić information content (AvgIpc) is 2.34. The highest BCUT2D eigenvalue weighted by Gasteiger charge is 2.12. The Morgan fingerprint density at radius 3 is 2.68 bits per heavy atom. The van der Waals surface area contributed by atoms with E-state index in [0.29, 0.717) is 10.0 Å². The number of rotatable bonds is 3. The van der Waals surface area contributed by atoms with E-state index in [1.54, 1.807) is 6.07 Å². The molecule has 1 aromatic heterocycles. The number of benzene rings is 1. The molecule has 0 aliphatic heterocycles. The van der Waals surface area contributed by atoms with Crippen LogP contribution in [0.15, 0.2) is 29.1 Å². The second-order valence-electron chi connectivity index (χ2n) is 4.17. The molecule has 1 aromatic carbocycles. The van der Waals surface area contributed by atoms with Crippen LogP contribution in [0.2, 0.25) is 10.0 Å². The van der Waals surface area contributed by atoms with E-state index in [4.69, 9.17) is 23.2 Å². The molecule has 100 valence electrons. The first kappa shape index (κ1) is 14.6. The third-order valence-corrected chi connectivity index (χ3v) is 4.17. The number of hydrogen-bond acceptors (Lipinski definition) is 3.